The quantitative estimate of drug-likeness (QED) is 0.100. The number of unbranched alkanes of at least 4 members (excludes halogenated alkanes) is 1. The molecule has 0 aliphatic heterocycles. The van der Waals surface area contributed by atoms with Crippen molar-refractivity contribution in [3.05, 3.63) is 48.8 Å². The maximum absolute atomic E-state index is 9.46. The van der Waals surface area contributed by atoms with Crippen LogP contribution in [0, 0.1) is 35.5 Å². The number of aliphatic hydroxyl groups is 1. The first-order valence-electron chi connectivity index (χ1n) is 15.2. The van der Waals surface area contributed by atoms with Crippen molar-refractivity contribution in [1.82, 2.24) is 0 Å². The van der Waals surface area contributed by atoms with Crippen LogP contribution in [0.3, 0.4) is 0 Å². The number of hydrogen-bond donors (Lipinski definition) is 1. The molecular formula is C34H58O. The number of aliphatic hydroxyl groups excluding tert-OH is 1. The zero-order valence-corrected chi connectivity index (χ0v) is 23.7. The lowest BCUT2D eigenvalue weighted by Gasteiger charge is -2.37. The Kier molecular flexibility index (Phi) is 14.8. The molecule has 5 atom stereocenters. The topological polar surface area (TPSA) is 20.2 Å². The maximum atomic E-state index is 9.46. The summed E-state index contributed by atoms with van der Waals surface area (Å²) in [5.41, 5.74) is 1.24. The molecule has 0 aromatic carbocycles. The molecule has 2 saturated carbocycles. The normalized spacial score (nSPS) is 25.1. The van der Waals surface area contributed by atoms with Crippen LogP contribution in [0.15, 0.2) is 48.8 Å². The van der Waals surface area contributed by atoms with Gasteiger partial charge >= 0.3 is 0 Å². The average Bonchev–Trinajstić information content (AvgIpc) is 2.86. The molecule has 1 nitrogen and oxygen atoms in total. The molecule has 0 spiro atoms. The second kappa shape index (κ2) is 17.3. The first-order valence-corrected chi connectivity index (χ1v) is 15.2. The molecule has 0 aromatic heterocycles. The Labute approximate surface area is 219 Å². The number of allylic oxidation sites excluding steroid dienone is 6. The molecule has 0 bridgehead atoms. The summed E-state index contributed by atoms with van der Waals surface area (Å²) in [7, 11) is 0. The third kappa shape index (κ3) is 11.6. The van der Waals surface area contributed by atoms with Crippen LogP contribution in [0.5, 0.6) is 0 Å². The molecule has 0 radical (unpaired) electrons. The molecule has 2 fully saturated rings. The molecule has 200 valence electrons. The van der Waals surface area contributed by atoms with Gasteiger partial charge in [0.2, 0.25) is 0 Å². The van der Waals surface area contributed by atoms with Gasteiger partial charge in [-0.05, 0) is 92.6 Å². The van der Waals surface area contributed by atoms with Crippen LogP contribution in [0.1, 0.15) is 130 Å². The van der Waals surface area contributed by atoms with Gasteiger partial charge in [0.15, 0.2) is 0 Å². The van der Waals surface area contributed by atoms with E-state index in [1.54, 1.807) is 13.0 Å². The summed E-state index contributed by atoms with van der Waals surface area (Å²) in [6.45, 7) is 14.8. The standard InChI is InChI=1S/C34H58O/c1-6-15-31(32-17-9-8-10-18-32)19-12-11-16-27(3)26-33-20-13-14-21-34(33)28(4)22-24-30(7-2)25-23-29(5)35/h6-7,23,25,27-28,31-35H,1-2,8-22,24,26H2,3-5H3/b29-23+,30-25+/t27-,28-,31-,33?,34?/m1/s1. The van der Waals surface area contributed by atoms with Crippen molar-refractivity contribution < 1.29 is 5.11 Å². The molecule has 0 saturated heterocycles. The van der Waals surface area contributed by atoms with Crippen LogP contribution in [-0.2, 0) is 0 Å². The largest absolute Gasteiger partial charge is 0.513 e. The molecule has 0 aromatic rings. The van der Waals surface area contributed by atoms with Crippen molar-refractivity contribution >= 4 is 0 Å². The fourth-order valence-electron chi connectivity index (χ4n) is 7.27. The van der Waals surface area contributed by atoms with E-state index in [-0.39, 0.29) is 0 Å². The summed E-state index contributed by atoms with van der Waals surface area (Å²) < 4.78 is 0. The highest BCUT2D eigenvalue weighted by Gasteiger charge is 2.30. The summed E-state index contributed by atoms with van der Waals surface area (Å²) in [6.07, 6.45) is 31.7. The molecule has 0 amide bonds. The number of hydrogen-bond acceptors (Lipinski definition) is 1. The van der Waals surface area contributed by atoms with Crippen molar-refractivity contribution in [2.75, 3.05) is 0 Å². The van der Waals surface area contributed by atoms with Crippen LogP contribution < -0.4 is 0 Å². The minimum atomic E-state index is 0.365. The van der Waals surface area contributed by atoms with Crippen molar-refractivity contribution in [3.63, 3.8) is 0 Å². The molecule has 2 aliphatic rings. The molecule has 0 heterocycles. The van der Waals surface area contributed by atoms with Crippen LogP contribution >= 0.6 is 0 Å². The maximum Gasteiger partial charge on any atom is 0.0891 e. The van der Waals surface area contributed by atoms with Crippen molar-refractivity contribution in [2.45, 2.75) is 130 Å². The van der Waals surface area contributed by atoms with Gasteiger partial charge in [0.05, 0.1) is 5.76 Å². The third-order valence-corrected chi connectivity index (χ3v) is 9.40. The van der Waals surface area contributed by atoms with Crippen molar-refractivity contribution in [3.8, 4) is 0 Å². The van der Waals surface area contributed by atoms with Crippen LogP contribution in [-0.4, -0.2) is 5.11 Å². The lowest BCUT2D eigenvalue weighted by atomic mass is 9.68. The fourth-order valence-corrected chi connectivity index (χ4v) is 7.27. The predicted molar refractivity (Wildman–Crippen MR) is 156 cm³/mol. The first kappa shape index (κ1) is 30.0. The highest BCUT2D eigenvalue weighted by Crippen LogP contribution is 2.41. The highest BCUT2D eigenvalue weighted by molar-refractivity contribution is 5.22. The Hall–Kier alpha value is -1.24. The summed E-state index contributed by atoms with van der Waals surface area (Å²) in [5.74, 6) is 5.67. The molecule has 2 aliphatic carbocycles. The van der Waals surface area contributed by atoms with Gasteiger partial charge < -0.3 is 5.11 Å². The third-order valence-electron chi connectivity index (χ3n) is 9.40. The minimum Gasteiger partial charge on any atom is -0.513 e. The Morgan fingerprint density at radius 1 is 0.886 bits per heavy atom. The van der Waals surface area contributed by atoms with Gasteiger partial charge in [-0.25, -0.2) is 0 Å². The second-order valence-electron chi connectivity index (χ2n) is 12.3. The number of rotatable bonds is 16. The van der Waals surface area contributed by atoms with Gasteiger partial charge in [0, 0.05) is 0 Å². The van der Waals surface area contributed by atoms with E-state index in [4.69, 9.17) is 0 Å². The second-order valence-corrected chi connectivity index (χ2v) is 12.3. The molecule has 2 rings (SSSR count). The van der Waals surface area contributed by atoms with Gasteiger partial charge in [-0.15, -0.1) is 6.58 Å². The lowest BCUT2D eigenvalue weighted by Crippen LogP contribution is -2.27. The summed E-state index contributed by atoms with van der Waals surface area (Å²) in [5, 5.41) is 9.46. The van der Waals surface area contributed by atoms with E-state index in [1.165, 1.54) is 108 Å². The van der Waals surface area contributed by atoms with E-state index in [2.05, 4.69) is 33.1 Å². The van der Waals surface area contributed by atoms with Crippen molar-refractivity contribution in [2.24, 2.45) is 35.5 Å². The Morgan fingerprint density at radius 2 is 1.57 bits per heavy atom. The SMILES string of the molecule is C=CC[C@H](CCCC[C@@H](C)CC1CCCCC1[C@H](C)CC/C(C=C)=C/C=C(\C)O)C1CCCCC1. The van der Waals surface area contributed by atoms with Crippen molar-refractivity contribution in [1.29, 1.82) is 0 Å². The van der Waals surface area contributed by atoms with Crippen LogP contribution in [0.4, 0.5) is 0 Å². The lowest BCUT2D eigenvalue weighted by molar-refractivity contribution is 0.137. The van der Waals surface area contributed by atoms with E-state index in [1.807, 2.05) is 12.2 Å². The van der Waals surface area contributed by atoms with Gasteiger partial charge in [0.1, 0.15) is 0 Å². The highest BCUT2D eigenvalue weighted by atomic mass is 16.3. The van der Waals surface area contributed by atoms with E-state index < -0.39 is 0 Å². The van der Waals surface area contributed by atoms with Gasteiger partial charge in [0.25, 0.3) is 0 Å². The molecule has 1 heteroatoms. The first-order chi connectivity index (χ1) is 16.9. The van der Waals surface area contributed by atoms with E-state index in [9.17, 15) is 5.11 Å². The minimum absolute atomic E-state index is 0.365. The molecule has 35 heavy (non-hydrogen) atoms. The van der Waals surface area contributed by atoms with Crippen LogP contribution in [0.25, 0.3) is 0 Å². The van der Waals surface area contributed by atoms with E-state index >= 15 is 0 Å². The molecule has 1 N–H and O–H groups in total. The summed E-state index contributed by atoms with van der Waals surface area (Å²) in [4.78, 5) is 0. The Morgan fingerprint density at radius 3 is 2.26 bits per heavy atom. The Balaban J connectivity index is 1.76. The van der Waals surface area contributed by atoms with Crippen LogP contribution in [0.2, 0.25) is 0 Å². The van der Waals surface area contributed by atoms with E-state index in [0.717, 1.165) is 41.9 Å². The molecular weight excluding hydrogens is 424 g/mol. The van der Waals surface area contributed by atoms with E-state index in [0.29, 0.717) is 5.76 Å². The monoisotopic (exact) mass is 482 g/mol. The zero-order chi connectivity index (χ0) is 25.5. The summed E-state index contributed by atoms with van der Waals surface area (Å²) in [6, 6.07) is 0. The van der Waals surface area contributed by atoms with Gasteiger partial charge in [-0.3, -0.25) is 0 Å². The summed E-state index contributed by atoms with van der Waals surface area (Å²) >= 11 is 0. The van der Waals surface area contributed by atoms with Gasteiger partial charge in [-0.2, -0.15) is 0 Å². The smallest absolute Gasteiger partial charge is 0.0891 e. The van der Waals surface area contributed by atoms with Gasteiger partial charge in [-0.1, -0.05) is 109 Å². The average molecular weight is 483 g/mol. The Bertz CT molecular complexity index is 646. The fraction of sp³-hybridized carbons (Fsp3) is 0.765. The predicted octanol–water partition coefficient (Wildman–Crippen LogP) is 11.1. The molecule has 2 unspecified atom stereocenters. The zero-order valence-electron chi connectivity index (χ0n) is 23.7.